The second-order valence-electron chi connectivity index (χ2n) is 4.61. The molecule has 0 aromatic rings. The highest BCUT2D eigenvalue weighted by Gasteiger charge is 2.38. The van der Waals surface area contributed by atoms with E-state index < -0.39 is 0 Å². The fourth-order valence-corrected chi connectivity index (χ4v) is 2.98. The summed E-state index contributed by atoms with van der Waals surface area (Å²) in [4.78, 5) is 0. The smallest absolute Gasteiger partial charge is 0.213 e. The molecule has 1 nitrogen and oxygen atoms in total. The van der Waals surface area contributed by atoms with Crippen LogP contribution in [0.15, 0.2) is 0 Å². The van der Waals surface area contributed by atoms with Crippen molar-refractivity contribution in [1.29, 1.82) is 5.26 Å². The molecular weight excluding hydrogens is 145 g/mol. The van der Waals surface area contributed by atoms with E-state index in [9.17, 15) is 0 Å². The van der Waals surface area contributed by atoms with Gasteiger partial charge >= 0.3 is 0 Å². The zero-order valence-corrected chi connectivity index (χ0v) is 7.68. The number of nitriles is 1. The maximum Gasteiger partial charge on any atom is 0.267 e. The summed E-state index contributed by atoms with van der Waals surface area (Å²) in [5.74, 6) is 2.41. The van der Waals surface area contributed by atoms with Crippen LogP contribution in [0.3, 0.4) is 0 Å². The third-order valence-corrected chi connectivity index (χ3v) is 3.89. The SMILES string of the molecule is N#CB1CCC2(CCCC2)CC1. The van der Waals surface area contributed by atoms with Crippen molar-refractivity contribution in [1.82, 2.24) is 0 Å². The molecule has 0 unspecified atom stereocenters. The van der Waals surface area contributed by atoms with Crippen molar-refractivity contribution in [2.45, 2.75) is 51.2 Å². The van der Waals surface area contributed by atoms with Gasteiger partial charge in [0.25, 0.3) is 6.71 Å². The molecule has 1 heterocycles. The van der Waals surface area contributed by atoms with Gasteiger partial charge in [0, 0.05) is 5.97 Å². The van der Waals surface area contributed by atoms with Gasteiger partial charge in [0.2, 0.25) is 0 Å². The monoisotopic (exact) mass is 161 g/mol. The van der Waals surface area contributed by atoms with Crippen molar-refractivity contribution in [2.75, 3.05) is 0 Å². The molecule has 0 amide bonds. The third-order valence-electron chi connectivity index (χ3n) is 3.89. The zero-order chi connectivity index (χ0) is 8.44. The molecule has 12 heavy (non-hydrogen) atoms. The first-order valence-corrected chi connectivity index (χ1v) is 5.24. The highest BCUT2D eigenvalue weighted by atomic mass is 14.4. The van der Waals surface area contributed by atoms with Crippen LogP contribution >= 0.6 is 0 Å². The zero-order valence-electron chi connectivity index (χ0n) is 7.68. The lowest BCUT2D eigenvalue weighted by Gasteiger charge is -2.34. The van der Waals surface area contributed by atoms with E-state index in [1.54, 1.807) is 0 Å². The minimum atomic E-state index is 0.385. The minimum absolute atomic E-state index is 0.385. The van der Waals surface area contributed by atoms with Crippen molar-refractivity contribution in [3.63, 3.8) is 0 Å². The van der Waals surface area contributed by atoms with E-state index in [2.05, 4.69) is 5.97 Å². The van der Waals surface area contributed by atoms with Crippen molar-refractivity contribution in [3.8, 4) is 5.97 Å². The Morgan fingerprint density at radius 3 is 2.08 bits per heavy atom. The Kier molecular flexibility index (Phi) is 2.13. The summed E-state index contributed by atoms with van der Waals surface area (Å²) < 4.78 is 0. The summed E-state index contributed by atoms with van der Waals surface area (Å²) in [5, 5.41) is 8.77. The highest BCUT2D eigenvalue weighted by molar-refractivity contribution is 6.67. The molecule has 2 fully saturated rings. The van der Waals surface area contributed by atoms with Crippen LogP contribution in [0, 0.1) is 16.6 Å². The van der Waals surface area contributed by atoms with Crippen molar-refractivity contribution < 1.29 is 0 Å². The van der Waals surface area contributed by atoms with Gasteiger partial charge in [0.1, 0.15) is 0 Å². The fourth-order valence-electron chi connectivity index (χ4n) is 2.98. The molecular formula is C10H16BN. The first-order chi connectivity index (χ1) is 5.85. The molecule has 2 rings (SSSR count). The van der Waals surface area contributed by atoms with Crippen LogP contribution in [-0.2, 0) is 0 Å². The van der Waals surface area contributed by atoms with Gasteiger partial charge in [0.05, 0.1) is 0 Å². The van der Waals surface area contributed by atoms with Crippen LogP contribution in [0.2, 0.25) is 12.6 Å². The summed E-state index contributed by atoms with van der Waals surface area (Å²) in [5.41, 5.74) is 0.702. The summed E-state index contributed by atoms with van der Waals surface area (Å²) in [6.07, 6.45) is 10.8. The molecule has 0 N–H and O–H groups in total. The lowest BCUT2D eigenvalue weighted by molar-refractivity contribution is 0.261. The number of hydrogen-bond donors (Lipinski definition) is 0. The van der Waals surface area contributed by atoms with Gasteiger partial charge in [-0.05, 0) is 18.3 Å². The molecule has 1 saturated carbocycles. The van der Waals surface area contributed by atoms with Gasteiger partial charge in [-0.3, -0.25) is 0 Å². The van der Waals surface area contributed by atoms with Crippen LogP contribution < -0.4 is 0 Å². The Labute approximate surface area is 75.2 Å². The van der Waals surface area contributed by atoms with Gasteiger partial charge < -0.3 is 0 Å². The summed E-state index contributed by atoms with van der Waals surface area (Å²) >= 11 is 0. The van der Waals surface area contributed by atoms with E-state index in [-0.39, 0.29) is 0 Å². The van der Waals surface area contributed by atoms with Gasteiger partial charge in [-0.25, -0.2) is 5.26 Å². The number of nitrogens with zero attached hydrogens (tertiary/aromatic N) is 1. The van der Waals surface area contributed by atoms with Gasteiger partial charge in [-0.15, -0.1) is 0 Å². The Balaban J connectivity index is 1.93. The van der Waals surface area contributed by atoms with Crippen molar-refractivity contribution in [3.05, 3.63) is 0 Å². The molecule has 0 atom stereocenters. The molecule has 0 aromatic carbocycles. The lowest BCUT2D eigenvalue weighted by atomic mass is 9.39. The number of rotatable bonds is 0. The lowest BCUT2D eigenvalue weighted by Crippen LogP contribution is -2.27. The predicted molar refractivity (Wildman–Crippen MR) is 51.1 cm³/mol. The molecule has 1 spiro atoms. The second kappa shape index (κ2) is 3.13. The molecule has 1 aliphatic carbocycles. The van der Waals surface area contributed by atoms with E-state index in [4.69, 9.17) is 5.26 Å². The maximum atomic E-state index is 8.77. The summed E-state index contributed by atoms with van der Waals surface area (Å²) in [6, 6.07) is 0. The minimum Gasteiger partial charge on any atom is -0.213 e. The van der Waals surface area contributed by atoms with Gasteiger partial charge in [-0.1, -0.05) is 38.3 Å². The largest absolute Gasteiger partial charge is 0.267 e. The Bertz CT molecular complexity index is 190. The second-order valence-corrected chi connectivity index (χ2v) is 4.61. The Morgan fingerprint density at radius 2 is 1.58 bits per heavy atom. The third kappa shape index (κ3) is 1.37. The average Bonchev–Trinajstić information content (AvgIpc) is 2.55. The van der Waals surface area contributed by atoms with E-state index in [0.717, 1.165) is 0 Å². The molecule has 1 saturated heterocycles. The van der Waals surface area contributed by atoms with Crippen LogP contribution in [0.25, 0.3) is 0 Å². The highest BCUT2D eigenvalue weighted by Crippen LogP contribution is 2.49. The fraction of sp³-hybridized carbons (Fsp3) is 0.900. The molecule has 64 valence electrons. The van der Waals surface area contributed by atoms with Crippen LogP contribution in [0.5, 0.6) is 0 Å². The van der Waals surface area contributed by atoms with Crippen LogP contribution in [-0.4, -0.2) is 6.71 Å². The van der Waals surface area contributed by atoms with E-state index in [1.165, 1.54) is 51.2 Å². The standard InChI is InChI=1S/C10H16BN/c12-9-11-7-5-10(6-8-11)3-1-2-4-10/h1-8H2. The first kappa shape index (κ1) is 8.17. The van der Waals surface area contributed by atoms with Crippen molar-refractivity contribution in [2.24, 2.45) is 5.41 Å². The quantitative estimate of drug-likeness (QED) is 0.501. The van der Waals surface area contributed by atoms with Crippen LogP contribution in [0.4, 0.5) is 0 Å². The van der Waals surface area contributed by atoms with Crippen molar-refractivity contribution >= 4 is 6.71 Å². The van der Waals surface area contributed by atoms with E-state index in [0.29, 0.717) is 12.1 Å². The van der Waals surface area contributed by atoms with Crippen LogP contribution in [0.1, 0.15) is 38.5 Å². The molecule has 2 aliphatic rings. The molecule has 0 radical (unpaired) electrons. The molecule has 0 bridgehead atoms. The predicted octanol–water partition coefficient (Wildman–Crippen LogP) is 2.90. The molecule has 2 heteroatoms. The molecule has 0 aromatic heterocycles. The van der Waals surface area contributed by atoms with E-state index in [1.807, 2.05) is 0 Å². The summed E-state index contributed by atoms with van der Waals surface area (Å²) in [6.45, 7) is 0.385. The topological polar surface area (TPSA) is 23.8 Å². The Hall–Kier alpha value is -0.445. The number of hydrogen-bond acceptors (Lipinski definition) is 1. The summed E-state index contributed by atoms with van der Waals surface area (Å²) in [7, 11) is 0. The molecule has 1 aliphatic heterocycles. The van der Waals surface area contributed by atoms with Gasteiger partial charge in [-0.2, -0.15) is 0 Å². The van der Waals surface area contributed by atoms with E-state index >= 15 is 0 Å². The normalized spacial score (nSPS) is 27.4. The maximum absolute atomic E-state index is 8.77. The van der Waals surface area contributed by atoms with Gasteiger partial charge in [0.15, 0.2) is 0 Å². The average molecular weight is 161 g/mol. The Morgan fingerprint density at radius 1 is 1.00 bits per heavy atom. The first-order valence-electron chi connectivity index (χ1n) is 5.24.